The number of rotatable bonds is 7. The molecule has 0 fully saturated rings. The molecule has 4 nitrogen and oxygen atoms in total. The summed E-state index contributed by atoms with van der Waals surface area (Å²) in [5.41, 5.74) is 5.25. The summed E-state index contributed by atoms with van der Waals surface area (Å²) in [6.45, 7) is 9.26. The zero-order chi connectivity index (χ0) is 12.8. The van der Waals surface area contributed by atoms with Crippen molar-refractivity contribution in [1.82, 2.24) is 4.31 Å². The van der Waals surface area contributed by atoms with Gasteiger partial charge in [-0.25, -0.2) is 12.7 Å². The lowest BCUT2D eigenvalue weighted by atomic mass is 10.0. The van der Waals surface area contributed by atoms with Crippen LogP contribution in [-0.4, -0.2) is 38.1 Å². The third-order valence-electron chi connectivity index (χ3n) is 2.15. The molecule has 0 aromatic heterocycles. The Bertz CT molecular complexity index is 281. The Hall–Kier alpha value is -0.130. The first-order valence-electron chi connectivity index (χ1n) is 5.91. The molecule has 0 atom stereocenters. The first-order chi connectivity index (χ1) is 7.23. The summed E-state index contributed by atoms with van der Waals surface area (Å²) in [4.78, 5) is 0. The lowest BCUT2D eigenvalue weighted by molar-refractivity contribution is 0.387. The zero-order valence-corrected chi connectivity index (χ0v) is 11.8. The van der Waals surface area contributed by atoms with Crippen molar-refractivity contribution in [2.24, 2.45) is 11.1 Å². The average molecular weight is 250 g/mol. The number of nitrogens with two attached hydrogens (primary N) is 1. The van der Waals surface area contributed by atoms with Crippen LogP contribution in [0.1, 0.15) is 40.5 Å². The first kappa shape index (κ1) is 15.9. The molecule has 0 aromatic carbocycles. The highest BCUT2D eigenvalue weighted by molar-refractivity contribution is 7.89. The molecule has 0 spiro atoms. The second kappa shape index (κ2) is 6.57. The maximum atomic E-state index is 12.1. The fourth-order valence-corrected chi connectivity index (χ4v) is 3.57. The van der Waals surface area contributed by atoms with E-state index in [1.807, 2.05) is 20.8 Å². The van der Waals surface area contributed by atoms with Crippen molar-refractivity contribution in [1.29, 1.82) is 0 Å². The molecule has 0 aliphatic heterocycles. The summed E-state index contributed by atoms with van der Waals surface area (Å²) in [5, 5.41) is 0. The lowest BCUT2D eigenvalue weighted by Gasteiger charge is -2.26. The Morgan fingerprint density at radius 3 is 2.12 bits per heavy atom. The van der Waals surface area contributed by atoms with Crippen molar-refractivity contribution in [3.05, 3.63) is 0 Å². The first-order valence-corrected chi connectivity index (χ1v) is 7.52. The molecule has 0 amide bonds. The van der Waals surface area contributed by atoms with E-state index in [4.69, 9.17) is 5.73 Å². The van der Waals surface area contributed by atoms with E-state index < -0.39 is 10.0 Å². The third kappa shape index (κ3) is 6.45. The molecule has 0 unspecified atom stereocenters. The minimum absolute atomic E-state index is 0.184. The van der Waals surface area contributed by atoms with Crippen molar-refractivity contribution in [2.75, 3.05) is 25.4 Å². The molecule has 0 aliphatic carbocycles. The summed E-state index contributed by atoms with van der Waals surface area (Å²) in [6, 6.07) is 0. The average Bonchev–Trinajstić information content (AvgIpc) is 2.07. The van der Waals surface area contributed by atoms with Gasteiger partial charge in [0.2, 0.25) is 10.0 Å². The third-order valence-corrected chi connectivity index (χ3v) is 4.53. The van der Waals surface area contributed by atoms with Gasteiger partial charge in [-0.2, -0.15) is 0 Å². The van der Waals surface area contributed by atoms with Crippen LogP contribution in [0.4, 0.5) is 0 Å². The number of sulfonamides is 1. The molecule has 0 bridgehead atoms. The monoisotopic (exact) mass is 250 g/mol. The summed E-state index contributed by atoms with van der Waals surface area (Å²) in [7, 11) is -3.16. The Labute approximate surface area is 100 Å². The van der Waals surface area contributed by atoms with Crippen LogP contribution >= 0.6 is 0 Å². The normalized spacial score (nSPS) is 13.4. The SMILES string of the molecule is CCCCN(CCN)S(=O)(=O)CC(C)(C)C. The molecule has 16 heavy (non-hydrogen) atoms. The number of hydrogen-bond acceptors (Lipinski definition) is 3. The number of unbranched alkanes of at least 4 members (excludes halogenated alkanes) is 1. The maximum Gasteiger partial charge on any atom is 0.214 e. The van der Waals surface area contributed by atoms with Crippen LogP contribution in [0.5, 0.6) is 0 Å². The van der Waals surface area contributed by atoms with Gasteiger partial charge in [0.25, 0.3) is 0 Å². The molecule has 5 heteroatoms. The van der Waals surface area contributed by atoms with Crippen molar-refractivity contribution < 1.29 is 8.42 Å². The van der Waals surface area contributed by atoms with Crippen molar-refractivity contribution in [3.63, 3.8) is 0 Å². The van der Waals surface area contributed by atoms with Crippen molar-refractivity contribution in [2.45, 2.75) is 40.5 Å². The fraction of sp³-hybridized carbons (Fsp3) is 1.00. The molecule has 0 heterocycles. The van der Waals surface area contributed by atoms with E-state index in [9.17, 15) is 8.42 Å². The van der Waals surface area contributed by atoms with Crippen LogP contribution in [-0.2, 0) is 10.0 Å². The van der Waals surface area contributed by atoms with Gasteiger partial charge >= 0.3 is 0 Å². The molecule has 0 aliphatic rings. The highest BCUT2D eigenvalue weighted by atomic mass is 32.2. The van der Waals surface area contributed by atoms with Gasteiger partial charge in [0.15, 0.2) is 0 Å². The molecule has 98 valence electrons. The smallest absolute Gasteiger partial charge is 0.214 e. The molecule has 2 N–H and O–H groups in total. The van der Waals surface area contributed by atoms with Gasteiger partial charge in [-0.3, -0.25) is 0 Å². The molecule has 0 rings (SSSR count). The lowest BCUT2D eigenvalue weighted by Crippen LogP contribution is -2.40. The minimum Gasteiger partial charge on any atom is -0.329 e. The van der Waals surface area contributed by atoms with Crippen molar-refractivity contribution in [3.8, 4) is 0 Å². The van der Waals surface area contributed by atoms with E-state index in [-0.39, 0.29) is 11.2 Å². The van der Waals surface area contributed by atoms with E-state index >= 15 is 0 Å². The van der Waals surface area contributed by atoms with Gasteiger partial charge in [0, 0.05) is 19.6 Å². The van der Waals surface area contributed by atoms with Crippen LogP contribution in [0.15, 0.2) is 0 Å². The Morgan fingerprint density at radius 1 is 1.19 bits per heavy atom. The Kier molecular flexibility index (Phi) is 6.51. The van der Waals surface area contributed by atoms with Crippen LogP contribution in [0.3, 0.4) is 0 Å². The van der Waals surface area contributed by atoms with Crippen LogP contribution in [0.25, 0.3) is 0 Å². The number of hydrogen-bond donors (Lipinski definition) is 1. The minimum atomic E-state index is -3.16. The van der Waals surface area contributed by atoms with Gasteiger partial charge in [-0.1, -0.05) is 34.1 Å². The molecule has 0 aromatic rings. The van der Waals surface area contributed by atoms with E-state index in [0.29, 0.717) is 19.6 Å². The Morgan fingerprint density at radius 2 is 1.75 bits per heavy atom. The van der Waals surface area contributed by atoms with Gasteiger partial charge in [0.05, 0.1) is 5.75 Å². The molecular formula is C11H26N2O2S. The predicted octanol–water partition coefficient (Wildman–Crippen LogP) is 1.42. The highest BCUT2D eigenvalue weighted by Gasteiger charge is 2.27. The van der Waals surface area contributed by atoms with E-state index in [1.54, 1.807) is 0 Å². The largest absolute Gasteiger partial charge is 0.329 e. The second-order valence-corrected chi connectivity index (χ2v) is 7.33. The Balaban J connectivity index is 4.62. The molecule has 0 saturated carbocycles. The fourth-order valence-electron chi connectivity index (χ4n) is 1.51. The van der Waals surface area contributed by atoms with Crippen LogP contribution < -0.4 is 5.73 Å². The molecule has 0 radical (unpaired) electrons. The van der Waals surface area contributed by atoms with Gasteiger partial charge in [0.1, 0.15) is 0 Å². The van der Waals surface area contributed by atoms with E-state index in [0.717, 1.165) is 12.8 Å². The summed E-state index contributed by atoms with van der Waals surface area (Å²) in [5.74, 6) is 0.184. The summed E-state index contributed by atoms with van der Waals surface area (Å²) >= 11 is 0. The van der Waals surface area contributed by atoms with Gasteiger partial charge < -0.3 is 5.73 Å². The summed E-state index contributed by atoms with van der Waals surface area (Å²) < 4.78 is 25.8. The maximum absolute atomic E-state index is 12.1. The topological polar surface area (TPSA) is 63.4 Å². The quantitative estimate of drug-likeness (QED) is 0.743. The van der Waals surface area contributed by atoms with Crippen molar-refractivity contribution >= 4 is 10.0 Å². The number of nitrogens with zero attached hydrogens (tertiary/aromatic N) is 1. The standard InChI is InChI=1S/C11H26N2O2S/c1-5-6-8-13(9-7-12)16(14,15)10-11(2,3)4/h5-10,12H2,1-4H3. The highest BCUT2D eigenvalue weighted by Crippen LogP contribution is 2.18. The molecular weight excluding hydrogens is 224 g/mol. The zero-order valence-electron chi connectivity index (χ0n) is 11.0. The second-order valence-electron chi connectivity index (χ2n) is 5.36. The van der Waals surface area contributed by atoms with Crippen LogP contribution in [0.2, 0.25) is 0 Å². The van der Waals surface area contributed by atoms with Gasteiger partial charge in [-0.05, 0) is 11.8 Å². The van der Waals surface area contributed by atoms with E-state index in [1.165, 1.54) is 4.31 Å². The van der Waals surface area contributed by atoms with E-state index in [2.05, 4.69) is 6.92 Å². The van der Waals surface area contributed by atoms with Gasteiger partial charge in [-0.15, -0.1) is 0 Å². The molecule has 0 saturated heterocycles. The predicted molar refractivity (Wildman–Crippen MR) is 68.8 cm³/mol. The summed E-state index contributed by atoms with van der Waals surface area (Å²) in [6.07, 6.45) is 1.88. The van der Waals surface area contributed by atoms with Crippen LogP contribution in [0, 0.1) is 5.41 Å².